The van der Waals surface area contributed by atoms with E-state index >= 15 is 0 Å². The van der Waals surface area contributed by atoms with Gasteiger partial charge >= 0.3 is 5.97 Å². The molecule has 1 rings (SSSR count). The number of carbonyl (C=O) groups excluding carboxylic acids is 5. The first-order valence-corrected chi connectivity index (χ1v) is 12.8. The third kappa shape index (κ3) is 10.5. The molecular weight excluding hydrogens is 510 g/mol. The van der Waals surface area contributed by atoms with Crippen LogP contribution in [0, 0.1) is 0 Å². The number of aliphatic hydroxyl groups excluding tert-OH is 1. The molecule has 5 amide bonds. The molecule has 1 saturated heterocycles. The molecule has 0 bridgehead atoms. The SMILES string of the molecule is CN[C@H]1CSC(C(=O)O)C(CCCCN)NC(=O)C(CC(N)=O)NC(=O)[C@H](C)NC(=O)C(CO)NC1=O. The molecule has 210 valence electrons. The molecule has 16 heteroatoms. The van der Waals surface area contributed by atoms with Crippen LogP contribution >= 0.6 is 11.8 Å². The number of aliphatic hydroxyl groups is 1. The predicted octanol–water partition coefficient (Wildman–Crippen LogP) is -4.27. The van der Waals surface area contributed by atoms with Gasteiger partial charge in [-0.1, -0.05) is 6.42 Å². The van der Waals surface area contributed by atoms with Gasteiger partial charge in [-0.3, -0.25) is 28.8 Å². The fourth-order valence-electron chi connectivity index (χ4n) is 3.49. The van der Waals surface area contributed by atoms with Gasteiger partial charge < -0.3 is 48.3 Å². The molecule has 1 fully saturated rings. The number of amides is 5. The van der Waals surface area contributed by atoms with Crippen LogP contribution in [-0.4, -0.2) is 107 Å². The summed E-state index contributed by atoms with van der Waals surface area (Å²) in [5.74, 6) is -5.43. The molecule has 0 saturated carbocycles. The number of likely N-dealkylation sites (N-methyl/N-ethyl adjacent to an activating group) is 1. The second-order valence-corrected chi connectivity index (χ2v) is 9.71. The van der Waals surface area contributed by atoms with Crippen LogP contribution in [0.1, 0.15) is 32.6 Å². The third-order valence-electron chi connectivity index (χ3n) is 5.62. The molecule has 1 aliphatic rings. The van der Waals surface area contributed by atoms with Crippen molar-refractivity contribution in [2.75, 3.05) is 26.0 Å². The summed E-state index contributed by atoms with van der Waals surface area (Å²) >= 11 is 0.885. The van der Waals surface area contributed by atoms with Gasteiger partial charge in [0.25, 0.3) is 0 Å². The molecule has 6 atom stereocenters. The smallest absolute Gasteiger partial charge is 0.318 e. The summed E-state index contributed by atoms with van der Waals surface area (Å²) in [4.78, 5) is 74.8. The number of nitrogens with two attached hydrogens (primary N) is 2. The number of thioether (sulfide) groups is 1. The molecule has 1 aliphatic heterocycles. The molecule has 0 aromatic heterocycles. The Kier molecular flexibility index (Phi) is 13.9. The predicted molar refractivity (Wildman–Crippen MR) is 134 cm³/mol. The van der Waals surface area contributed by atoms with Gasteiger partial charge in [0, 0.05) is 5.75 Å². The number of aliphatic carboxylic acids is 1. The summed E-state index contributed by atoms with van der Waals surface area (Å²) in [6, 6.07) is -5.96. The Morgan fingerprint density at radius 2 is 1.62 bits per heavy atom. The standard InChI is InChI=1S/C21H37N7O8S/c1-10-17(31)27-12(7-15(23)30)18(32)26-11(5-3-4-6-22)16(21(35)36)37-9-14(24-2)20(34)28-13(8-29)19(33)25-10/h10-14,16,24,29H,3-9,22H2,1-2H3,(H2,23,30)(H,25,33)(H,26,32)(H,27,31)(H,28,34)(H,35,36)/t10-,11?,12?,13?,14-,16?/m0/s1. The zero-order chi connectivity index (χ0) is 28.1. The van der Waals surface area contributed by atoms with Gasteiger partial charge in [0.2, 0.25) is 29.5 Å². The fraction of sp³-hybridized carbons (Fsp3) is 0.714. The summed E-state index contributed by atoms with van der Waals surface area (Å²) in [5, 5.41) is 30.7. The van der Waals surface area contributed by atoms with E-state index in [0.717, 1.165) is 11.8 Å². The van der Waals surface area contributed by atoms with E-state index in [2.05, 4.69) is 26.6 Å². The minimum Gasteiger partial charge on any atom is -0.480 e. The van der Waals surface area contributed by atoms with Crippen molar-refractivity contribution in [3.8, 4) is 0 Å². The maximum absolute atomic E-state index is 13.1. The lowest BCUT2D eigenvalue weighted by Gasteiger charge is -2.29. The Morgan fingerprint density at radius 1 is 1.00 bits per heavy atom. The number of carboxylic acids is 1. The summed E-state index contributed by atoms with van der Waals surface area (Å²) in [7, 11) is 1.47. The van der Waals surface area contributed by atoms with E-state index in [9.17, 15) is 39.0 Å². The molecule has 11 N–H and O–H groups in total. The second-order valence-electron chi connectivity index (χ2n) is 8.54. The molecule has 0 aromatic carbocycles. The van der Waals surface area contributed by atoms with E-state index < -0.39 is 84.0 Å². The minimum atomic E-state index is -1.44. The van der Waals surface area contributed by atoms with Crippen LogP contribution in [0.15, 0.2) is 0 Å². The van der Waals surface area contributed by atoms with Crippen LogP contribution in [0.5, 0.6) is 0 Å². The van der Waals surface area contributed by atoms with Crippen LogP contribution < -0.4 is 38.1 Å². The summed E-state index contributed by atoms with van der Waals surface area (Å²) in [6.45, 7) is 0.877. The Hall–Kier alpha value is -2.95. The van der Waals surface area contributed by atoms with E-state index in [1.54, 1.807) is 0 Å². The lowest BCUT2D eigenvalue weighted by Crippen LogP contribution is -2.60. The van der Waals surface area contributed by atoms with Gasteiger partial charge in [-0.05, 0) is 33.4 Å². The maximum Gasteiger partial charge on any atom is 0.318 e. The first-order valence-electron chi connectivity index (χ1n) is 11.8. The topological polar surface area (TPSA) is 255 Å². The summed E-state index contributed by atoms with van der Waals surface area (Å²) in [6.07, 6.45) is 0.692. The van der Waals surface area contributed by atoms with E-state index in [-0.39, 0.29) is 12.2 Å². The third-order valence-corrected chi connectivity index (χ3v) is 7.03. The largest absolute Gasteiger partial charge is 0.480 e. The van der Waals surface area contributed by atoms with Crippen molar-refractivity contribution in [2.24, 2.45) is 11.5 Å². The van der Waals surface area contributed by atoms with Crippen molar-refractivity contribution in [1.29, 1.82) is 0 Å². The van der Waals surface area contributed by atoms with Gasteiger partial charge in [-0.25, -0.2) is 0 Å². The Balaban J connectivity index is 3.41. The van der Waals surface area contributed by atoms with Gasteiger partial charge in [-0.15, -0.1) is 11.8 Å². The quantitative estimate of drug-likeness (QED) is 0.125. The highest BCUT2D eigenvalue weighted by atomic mass is 32.2. The molecule has 0 spiro atoms. The van der Waals surface area contributed by atoms with Crippen molar-refractivity contribution in [1.82, 2.24) is 26.6 Å². The van der Waals surface area contributed by atoms with Crippen LogP contribution in [0.4, 0.5) is 0 Å². The number of carboxylic acid groups (broad SMARTS) is 1. The van der Waals surface area contributed by atoms with Crippen molar-refractivity contribution >= 4 is 47.3 Å². The van der Waals surface area contributed by atoms with Gasteiger partial charge in [0.05, 0.1) is 25.1 Å². The number of rotatable bonds is 9. The first kappa shape index (κ1) is 32.1. The Bertz CT molecular complexity index is 846. The second kappa shape index (κ2) is 16.0. The zero-order valence-electron chi connectivity index (χ0n) is 20.8. The van der Waals surface area contributed by atoms with Gasteiger partial charge in [-0.2, -0.15) is 0 Å². The highest BCUT2D eigenvalue weighted by molar-refractivity contribution is 8.00. The van der Waals surface area contributed by atoms with E-state index in [4.69, 9.17) is 11.5 Å². The zero-order valence-corrected chi connectivity index (χ0v) is 21.6. The number of hydrogen-bond donors (Lipinski definition) is 9. The molecule has 0 aromatic rings. The van der Waals surface area contributed by atoms with Crippen molar-refractivity contribution in [2.45, 2.75) is 68.1 Å². The van der Waals surface area contributed by atoms with Crippen LogP contribution in [0.3, 0.4) is 0 Å². The van der Waals surface area contributed by atoms with E-state index in [1.165, 1.54) is 14.0 Å². The highest BCUT2D eigenvalue weighted by Gasteiger charge is 2.35. The molecule has 0 aliphatic carbocycles. The monoisotopic (exact) mass is 547 g/mol. The summed E-state index contributed by atoms with van der Waals surface area (Å²) in [5.41, 5.74) is 10.8. The number of primary amides is 1. The lowest BCUT2D eigenvalue weighted by atomic mass is 10.0. The fourth-order valence-corrected chi connectivity index (χ4v) is 4.79. The first-order chi connectivity index (χ1) is 17.4. The Morgan fingerprint density at radius 3 is 2.16 bits per heavy atom. The molecule has 15 nitrogen and oxygen atoms in total. The number of carbonyl (C=O) groups is 6. The average molecular weight is 548 g/mol. The lowest BCUT2D eigenvalue weighted by molar-refractivity contribution is -0.138. The highest BCUT2D eigenvalue weighted by Crippen LogP contribution is 2.21. The molecule has 1 heterocycles. The van der Waals surface area contributed by atoms with Crippen molar-refractivity contribution in [3.05, 3.63) is 0 Å². The number of hydrogen-bond acceptors (Lipinski definition) is 10. The average Bonchev–Trinajstić information content (AvgIpc) is 2.82. The van der Waals surface area contributed by atoms with Gasteiger partial charge in [0.15, 0.2) is 0 Å². The number of unbranched alkanes of at least 4 members (excludes halogenated alkanes) is 1. The normalized spacial score (nSPS) is 28.4. The van der Waals surface area contributed by atoms with Crippen LogP contribution in [0.25, 0.3) is 0 Å². The Labute approximate surface area is 218 Å². The molecule has 0 radical (unpaired) electrons. The maximum atomic E-state index is 13.1. The van der Waals surface area contributed by atoms with Crippen LogP contribution in [-0.2, 0) is 28.8 Å². The van der Waals surface area contributed by atoms with Gasteiger partial charge in [0.1, 0.15) is 23.4 Å². The van der Waals surface area contributed by atoms with Crippen LogP contribution in [0.2, 0.25) is 0 Å². The van der Waals surface area contributed by atoms with Crippen molar-refractivity contribution in [3.63, 3.8) is 0 Å². The van der Waals surface area contributed by atoms with E-state index in [1.807, 2.05) is 0 Å². The van der Waals surface area contributed by atoms with Crippen molar-refractivity contribution < 1.29 is 39.0 Å². The number of nitrogens with one attached hydrogen (secondary N) is 5. The van der Waals surface area contributed by atoms with E-state index in [0.29, 0.717) is 19.4 Å². The molecular formula is C21H37N7O8S. The molecule has 37 heavy (non-hydrogen) atoms. The summed E-state index contributed by atoms with van der Waals surface area (Å²) < 4.78 is 0. The minimum absolute atomic E-state index is 0.0554. The molecule has 4 unspecified atom stereocenters.